The summed E-state index contributed by atoms with van der Waals surface area (Å²) < 4.78 is 12.5. The Kier molecular flexibility index (Phi) is 6.42. The standard InChI is InChI=1S/C18H24N4O3/c23-18-7-6-17(21-11-14-24-15-12-21)20-22(18)10-8-19-9-13-25-16-4-2-1-3-5-16/h1-7,19H,8-15H2. The van der Waals surface area contributed by atoms with Gasteiger partial charge in [0.2, 0.25) is 0 Å². The molecule has 1 saturated heterocycles. The first-order chi connectivity index (χ1) is 12.3. The number of para-hydroxylation sites is 1. The molecule has 1 N–H and O–H groups in total. The van der Waals surface area contributed by atoms with Crippen molar-refractivity contribution in [2.45, 2.75) is 6.54 Å². The third-order valence-corrected chi connectivity index (χ3v) is 3.98. The molecule has 0 saturated carbocycles. The van der Waals surface area contributed by atoms with Crippen LogP contribution in [0.15, 0.2) is 47.3 Å². The number of ether oxygens (including phenoxy) is 2. The molecule has 2 aromatic rings. The van der Waals surface area contributed by atoms with Crippen LogP contribution in [-0.2, 0) is 11.3 Å². The lowest BCUT2D eigenvalue weighted by atomic mass is 10.3. The second-order valence-electron chi connectivity index (χ2n) is 5.76. The van der Waals surface area contributed by atoms with Gasteiger partial charge in [0, 0.05) is 32.2 Å². The monoisotopic (exact) mass is 344 g/mol. The fraction of sp³-hybridized carbons (Fsp3) is 0.444. The molecular weight excluding hydrogens is 320 g/mol. The molecule has 0 spiro atoms. The van der Waals surface area contributed by atoms with E-state index in [-0.39, 0.29) is 5.56 Å². The predicted molar refractivity (Wildman–Crippen MR) is 96.3 cm³/mol. The Morgan fingerprint density at radius 1 is 1.08 bits per heavy atom. The molecule has 0 bridgehead atoms. The Hall–Kier alpha value is -2.38. The maximum Gasteiger partial charge on any atom is 0.266 e. The van der Waals surface area contributed by atoms with Gasteiger partial charge in [-0.05, 0) is 18.2 Å². The summed E-state index contributed by atoms with van der Waals surface area (Å²) in [5, 5.41) is 7.74. The fourth-order valence-electron chi connectivity index (χ4n) is 2.63. The van der Waals surface area contributed by atoms with E-state index in [1.54, 1.807) is 12.1 Å². The molecule has 1 aromatic carbocycles. The van der Waals surface area contributed by atoms with E-state index in [9.17, 15) is 4.79 Å². The second-order valence-corrected chi connectivity index (χ2v) is 5.76. The number of hydrogen-bond donors (Lipinski definition) is 1. The largest absolute Gasteiger partial charge is 0.492 e. The lowest BCUT2D eigenvalue weighted by molar-refractivity contribution is 0.122. The van der Waals surface area contributed by atoms with Crippen molar-refractivity contribution in [2.75, 3.05) is 50.9 Å². The van der Waals surface area contributed by atoms with Crippen LogP contribution in [0.25, 0.3) is 0 Å². The number of nitrogens with zero attached hydrogens (tertiary/aromatic N) is 3. The molecular formula is C18H24N4O3. The van der Waals surface area contributed by atoms with E-state index in [0.717, 1.165) is 24.7 Å². The molecule has 134 valence electrons. The summed E-state index contributed by atoms with van der Waals surface area (Å²) in [6, 6.07) is 13.1. The van der Waals surface area contributed by atoms with Crippen molar-refractivity contribution in [3.63, 3.8) is 0 Å². The quantitative estimate of drug-likeness (QED) is 0.713. The molecule has 0 radical (unpaired) electrons. The summed E-state index contributed by atoms with van der Waals surface area (Å²) in [5.74, 6) is 1.69. The zero-order valence-electron chi connectivity index (χ0n) is 14.3. The van der Waals surface area contributed by atoms with Crippen LogP contribution in [0.2, 0.25) is 0 Å². The van der Waals surface area contributed by atoms with Crippen LogP contribution >= 0.6 is 0 Å². The summed E-state index contributed by atoms with van der Waals surface area (Å²) >= 11 is 0. The number of morpholine rings is 1. The first-order valence-electron chi connectivity index (χ1n) is 8.62. The lowest BCUT2D eigenvalue weighted by Gasteiger charge is -2.27. The molecule has 1 aliphatic heterocycles. The molecule has 7 nitrogen and oxygen atoms in total. The minimum absolute atomic E-state index is 0.0839. The maximum atomic E-state index is 12.0. The van der Waals surface area contributed by atoms with Gasteiger partial charge in [0.15, 0.2) is 0 Å². The van der Waals surface area contributed by atoms with Gasteiger partial charge in [-0.15, -0.1) is 0 Å². The summed E-state index contributed by atoms with van der Waals surface area (Å²) in [6.45, 7) is 5.50. The summed E-state index contributed by atoms with van der Waals surface area (Å²) in [6.07, 6.45) is 0. The van der Waals surface area contributed by atoms with Crippen molar-refractivity contribution in [3.05, 3.63) is 52.8 Å². The average Bonchev–Trinajstić information content (AvgIpc) is 2.67. The Labute approximate surface area is 147 Å². The summed E-state index contributed by atoms with van der Waals surface area (Å²) in [5.41, 5.74) is -0.0839. The number of nitrogens with one attached hydrogen (secondary N) is 1. The number of rotatable bonds is 8. The zero-order valence-corrected chi connectivity index (χ0v) is 14.3. The Balaban J connectivity index is 1.42. The molecule has 0 aliphatic carbocycles. The van der Waals surface area contributed by atoms with Gasteiger partial charge in [0.05, 0.1) is 19.8 Å². The highest BCUT2D eigenvalue weighted by molar-refractivity contribution is 5.36. The van der Waals surface area contributed by atoms with E-state index in [1.165, 1.54) is 4.68 Å². The van der Waals surface area contributed by atoms with Gasteiger partial charge >= 0.3 is 0 Å². The van der Waals surface area contributed by atoms with Crippen molar-refractivity contribution >= 4 is 5.82 Å². The summed E-state index contributed by atoms with van der Waals surface area (Å²) in [7, 11) is 0. The van der Waals surface area contributed by atoms with Crippen LogP contribution in [-0.4, -0.2) is 55.8 Å². The van der Waals surface area contributed by atoms with Crippen LogP contribution in [0.5, 0.6) is 5.75 Å². The van der Waals surface area contributed by atoms with E-state index in [0.29, 0.717) is 39.5 Å². The van der Waals surface area contributed by atoms with Gasteiger partial charge in [-0.2, -0.15) is 5.10 Å². The van der Waals surface area contributed by atoms with Crippen molar-refractivity contribution in [1.29, 1.82) is 0 Å². The molecule has 25 heavy (non-hydrogen) atoms. The van der Waals surface area contributed by atoms with Gasteiger partial charge in [-0.1, -0.05) is 18.2 Å². The van der Waals surface area contributed by atoms with Gasteiger partial charge < -0.3 is 19.7 Å². The first kappa shape index (κ1) is 17.4. The number of hydrogen-bond acceptors (Lipinski definition) is 6. The number of benzene rings is 1. The molecule has 2 heterocycles. The van der Waals surface area contributed by atoms with E-state index >= 15 is 0 Å². The van der Waals surface area contributed by atoms with E-state index in [2.05, 4.69) is 15.3 Å². The molecule has 3 rings (SSSR count). The number of aromatic nitrogens is 2. The van der Waals surface area contributed by atoms with Crippen molar-refractivity contribution < 1.29 is 9.47 Å². The van der Waals surface area contributed by atoms with E-state index < -0.39 is 0 Å². The topological polar surface area (TPSA) is 68.6 Å². The third kappa shape index (κ3) is 5.30. The average molecular weight is 344 g/mol. The molecule has 0 amide bonds. The zero-order chi connectivity index (χ0) is 17.3. The van der Waals surface area contributed by atoms with Crippen LogP contribution in [0, 0.1) is 0 Å². The second kappa shape index (κ2) is 9.19. The number of anilines is 1. The minimum Gasteiger partial charge on any atom is -0.492 e. The van der Waals surface area contributed by atoms with Gasteiger partial charge in [0.1, 0.15) is 18.2 Å². The Bertz CT molecular complexity index is 699. The highest BCUT2D eigenvalue weighted by atomic mass is 16.5. The fourth-order valence-corrected chi connectivity index (χ4v) is 2.63. The lowest BCUT2D eigenvalue weighted by Crippen LogP contribution is -2.38. The minimum atomic E-state index is -0.0839. The van der Waals surface area contributed by atoms with Crippen LogP contribution < -0.4 is 20.5 Å². The predicted octanol–water partition coefficient (Wildman–Crippen LogP) is 0.749. The molecule has 7 heteroatoms. The smallest absolute Gasteiger partial charge is 0.266 e. The molecule has 0 atom stereocenters. The maximum absolute atomic E-state index is 12.0. The van der Waals surface area contributed by atoms with Crippen molar-refractivity contribution in [3.8, 4) is 5.75 Å². The molecule has 1 aromatic heterocycles. The molecule has 1 fully saturated rings. The third-order valence-electron chi connectivity index (χ3n) is 3.98. The Morgan fingerprint density at radius 3 is 2.68 bits per heavy atom. The van der Waals surface area contributed by atoms with Crippen molar-refractivity contribution in [1.82, 2.24) is 15.1 Å². The highest BCUT2D eigenvalue weighted by Gasteiger charge is 2.13. The van der Waals surface area contributed by atoms with E-state index in [4.69, 9.17) is 9.47 Å². The molecule has 1 aliphatic rings. The Morgan fingerprint density at radius 2 is 1.88 bits per heavy atom. The van der Waals surface area contributed by atoms with Gasteiger partial charge in [0.25, 0.3) is 5.56 Å². The van der Waals surface area contributed by atoms with E-state index in [1.807, 2.05) is 30.3 Å². The molecule has 0 unspecified atom stereocenters. The van der Waals surface area contributed by atoms with Crippen LogP contribution in [0.1, 0.15) is 0 Å². The van der Waals surface area contributed by atoms with Gasteiger partial charge in [-0.3, -0.25) is 4.79 Å². The highest BCUT2D eigenvalue weighted by Crippen LogP contribution is 2.09. The van der Waals surface area contributed by atoms with Gasteiger partial charge in [-0.25, -0.2) is 4.68 Å². The first-order valence-corrected chi connectivity index (χ1v) is 8.62. The normalized spacial score (nSPS) is 14.5. The summed E-state index contributed by atoms with van der Waals surface area (Å²) in [4.78, 5) is 14.1. The van der Waals surface area contributed by atoms with Crippen LogP contribution in [0.4, 0.5) is 5.82 Å². The van der Waals surface area contributed by atoms with Crippen molar-refractivity contribution in [2.24, 2.45) is 0 Å². The van der Waals surface area contributed by atoms with Crippen LogP contribution in [0.3, 0.4) is 0 Å². The SMILES string of the molecule is O=c1ccc(N2CCOCC2)nn1CCNCCOc1ccccc1.